The molecule has 0 bridgehead atoms. The maximum absolute atomic E-state index is 6.13. The van der Waals surface area contributed by atoms with E-state index >= 15 is 0 Å². The van der Waals surface area contributed by atoms with Crippen molar-refractivity contribution in [2.24, 2.45) is 11.7 Å². The van der Waals surface area contributed by atoms with E-state index in [0.29, 0.717) is 6.54 Å². The van der Waals surface area contributed by atoms with Gasteiger partial charge in [0.1, 0.15) is 5.75 Å². The number of benzene rings is 1. The molecule has 0 saturated carbocycles. The number of rotatable bonds is 5. The van der Waals surface area contributed by atoms with E-state index < -0.39 is 0 Å². The van der Waals surface area contributed by atoms with Gasteiger partial charge >= 0.3 is 0 Å². The van der Waals surface area contributed by atoms with Gasteiger partial charge in [0.2, 0.25) is 0 Å². The third-order valence-electron chi connectivity index (χ3n) is 4.95. The Hall–Kier alpha value is -1.85. The Morgan fingerprint density at radius 2 is 2.12 bits per heavy atom. The van der Waals surface area contributed by atoms with Crippen LogP contribution in [-0.4, -0.2) is 16.0 Å². The number of fused-ring (bicyclic) bond motifs is 3. The number of thiazole rings is 1. The number of imidazole rings is 1. The molecule has 4 rings (SSSR count). The van der Waals surface area contributed by atoms with Gasteiger partial charge in [-0.2, -0.15) is 0 Å². The fourth-order valence-electron chi connectivity index (χ4n) is 3.63. The molecule has 0 spiro atoms. The van der Waals surface area contributed by atoms with Gasteiger partial charge in [-0.15, -0.1) is 11.3 Å². The molecule has 0 radical (unpaired) electrons. The summed E-state index contributed by atoms with van der Waals surface area (Å²) in [7, 11) is 0. The highest BCUT2D eigenvalue weighted by Crippen LogP contribution is 2.36. The third-order valence-corrected chi connectivity index (χ3v) is 6.06. The van der Waals surface area contributed by atoms with Gasteiger partial charge in [0.25, 0.3) is 0 Å². The highest BCUT2D eigenvalue weighted by molar-refractivity contribution is 7.17. The number of hydrogen-bond acceptors (Lipinski definition) is 4. The molecule has 1 aliphatic carbocycles. The zero-order valence-electron chi connectivity index (χ0n) is 14.9. The van der Waals surface area contributed by atoms with Crippen LogP contribution in [0.3, 0.4) is 0 Å². The van der Waals surface area contributed by atoms with Crippen LogP contribution in [0.25, 0.3) is 16.2 Å². The van der Waals surface area contributed by atoms with Gasteiger partial charge in [-0.3, -0.25) is 4.40 Å². The molecule has 0 amide bonds. The van der Waals surface area contributed by atoms with Gasteiger partial charge in [0, 0.05) is 22.7 Å². The first kappa shape index (κ1) is 16.6. The van der Waals surface area contributed by atoms with Crippen LogP contribution in [0.1, 0.15) is 43.0 Å². The number of ether oxygens (including phenoxy) is 1. The maximum Gasteiger partial charge on any atom is 0.194 e. The van der Waals surface area contributed by atoms with Crippen LogP contribution in [0.4, 0.5) is 0 Å². The zero-order chi connectivity index (χ0) is 17.4. The lowest BCUT2D eigenvalue weighted by atomic mass is 9.93. The summed E-state index contributed by atoms with van der Waals surface area (Å²) in [6, 6.07) is 8.22. The predicted molar refractivity (Wildman–Crippen MR) is 103 cm³/mol. The number of hydrogen-bond donors (Lipinski definition) is 1. The van der Waals surface area contributed by atoms with Crippen molar-refractivity contribution in [1.29, 1.82) is 0 Å². The topological polar surface area (TPSA) is 52.5 Å². The molecule has 0 saturated heterocycles. The number of nitrogens with two attached hydrogens (primary N) is 1. The number of nitrogens with zero attached hydrogens (tertiary/aromatic N) is 2. The van der Waals surface area contributed by atoms with Gasteiger partial charge in [0.05, 0.1) is 18.0 Å². The summed E-state index contributed by atoms with van der Waals surface area (Å²) in [5.74, 6) is 1.68. The first-order chi connectivity index (χ1) is 12.2. The van der Waals surface area contributed by atoms with E-state index in [0.717, 1.165) is 53.0 Å². The Labute approximate surface area is 152 Å². The molecule has 2 heterocycles. The van der Waals surface area contributed by atoms with Crippen LogP contribution in [0, 0.1) is 5.92 Å². The summed E-state index contributed by atoms with van der Waals surface area (Å²) < 4.78 is 8.00. The van der Waals surface area contributed by atoms with Crippen molar-refractivity contribution in [3.8, 4) is 17.0 Å². The number of aromatic nitrogens is 2. The highest BCUT2D eigenvalue weighted by atomic mass is 32.1. The Morgan fingerprint density at radius 3 is 2.84 bits per heavy atom. The second kappa shape index (κ2) is 6.81. The molecule has 3 aromatic rings. The van der Waals surface area contributed by atoms with Crippen LogP contribution in [-0.2, 0) is 19.4 Å². The van der Waals surface area contributed by atoms with Crippen molar-refractivity contribution in [2.45, 2.75) is 46.1 Å². The van der Waals surface area contributed by atoms with Crippen LogP contribution < -0.4 is 10.5 Å². The fraction of sp³-hybridized carbons (Fsp3) is 0.450. The standard InChI is InChI=1S/C20H25N3OS/c1-3-10-24-15-7-5-14(6-8-15)19-17(12-21)23-16-9-4-13(2)11-18(16)25-20(23)22-19/h5-8,13H,3-4,9-12,21H2,1-2H3. The second-order valence-corrected chi connectivity index (χ2v) is 7.98. The average Bonchev–Trinajstić information content (AvgIpc) is 3.15. The van der Waals surface area contributed by atoms with Crippen molar-refractivity contribution >= 4 is 16.3 Å². The minimum absolute atomic E-state index is 0.503. The third kappa shape index (κ3) is 2.96. The first-order valence-electron chi connectivity index (χ1n) is 9.16. The van der Waals surface area contributed by atoms with E-state index in [1.165, 1.54) is 23.4 Å². The Bertz CT molecular complexity index is 879. The second-order valence-electron chi connectivity index (χ2n) is 6.92. The van der Waals surface area contributed by atoms with E-state index in [1.54, 1.807) is 0 Å². The quantitative estimate of drug-likeness (QED) is 0.736. The van der Waals surface area contributed by atoms with Crippen LogP contribution in [0.5, 0.6) is 5.75 Å². The smallest absolute Gasteiger partial charge is 0.194 e. The largest absolute Gasteiger partial charge is 0.494 e. The van der Waals surface area contributed by atoms with E-state index in [9.17, 15) is 0 Å². The van der Waals surface area contributed by atoms with Gasteiger partial charge in [-0.05, 0) is 55.9 Å². The molecule has 0 aliphatic heterocycles. The van der Waals surface area contributed by atoms with Gasteiger partial charge in [0.15, 0.2) is 4.96 Å². The zero-order valence-corrected chi connectivity index (χ0v) is 15.7. The lowest BCUT2D eigenvalue weighted by Gasteiger charge is -2.18. The molecule has 2 aromatic heterocycles. The van der Waals surface area contributed by atoms with Crippen molar-refractivity contribution in [3.05, 3.63) is 40.5 Å². The minimum atomic E-state index is 0.503. The summed E-state index contributed by atoms with van der Waals surface area (Å²) in [6.07, 6.45) is 4.56. The molecule has 2 N–H and O–H groups in total. The van der Waals surface area contributed by atoms with Crippen molar-refractivity contribution in [2.75, 3.05) is 6.61 Å². The fourth-order valence-corrected chi connectivity index (χ4v) is 4.98. The van der Waals surface area contributed by atoms with Crippen molar-refractivity contribution < 1.29 is 4.74 Å². The van der Waals surface area contributed by atoms with Crippen molar-refractivity contribution in [1.82, 2.24) is 9.38 Å². The van der Waals surface area contributed by atoms with E-state index in [2.05, 4.69) is 30.4 Å². The molecular formula is C20H25N3OS. The molecule has 4 nitrogen and oxygen atoms in total. The van der Waals surface area contributed by atoms with Crippen LogP contribution in [0.15, 0.2) is 24.3 Å². The summed E-state index contributed by atoms with van der Waals surface area (Å²) in [6.45, 7) is 5.70. The van der Waals surface area contributed by atoms with Crippen LogP contribution >= 0.6 is 11.3 Å². The summed E-state index contributed by atoms with van der Waals surface area (Å²) in [5.41, 5.74) is 10.8. The summed E-state index contributed by atoms with van der Waals surface area (Å²) in [5, 5.41) is 0. The molecule has 5 heteroatoms. The van der Waals surface area contributed by atoms with Gasteiger partial charge in [-0.25, -0.2) is 4.98 Å². The minimum Gasteiger partial charge on any atom is -0.494 e. The summed E-state index contributed by atoms with van der Waals surface area (Å²) >= 11 is 1.83. The molecule has 1 unspecified atom stereocenters. The monoisotopic (exact) mass is 355 g/mol. The normalized spacial score (nSPS) is 17.0. The Kier molecular flexibility index (Phi) is 4.52. The van der Waals surface area contributed by atoms with Crippen molar-refractivity contribution in [3.63, 3.8) is 0 Å². The maximum atomic E-state index is 6.13. The molecule has 1 aromatic carbocycles. The first-order valence-corrected chi connectivity index (χ1v) is 9.98. The molecular weight excluding hydrogens is 330 g/mol. The molecule has 132 valence electrons. The number of aryl methyl sites for hydroxylation is 1. The molecule has 25 heavy (non-hydrogen) atoms. The van der Waals surface area contributed by atoms with Gasteiger partial charge in [-0.1, -0.05) is 13.8 Å². The van der Waals surface area contributed by atoms with E-state index in [-0.39, 0.29) is 0 Å². The Morgan fingerprint density at radius 1 is 1.32 bits per heavy atom. The van der Waals surface area contributed by atoms with Crippen LogP contribution in [0.2, 0.25) is 0 Å². The molecule has 1 atom stereocenters. The summed E-state index contributed by atoms with van der Waals surface area (Å²) in [4.78, 5) is 7.51. The predicted octanol–water partition coefficient (Wildman–Crippen LogP) is 4.44. The SMILES string of the molecule is CCCOc1ccc(-c2nc3sc4c(n3c2CN)CCC(C)C4)cc1. The average molecular weight is 356 g/mol. The van der Waals surface area contributed by atoms with Gasteiger partial charge < -0.3 is 10.5 Å². The lowest BCUT2D eigenvalue weighted by Crippen LogP contribution is -2.13. The molecule has 1 aliphatic rings. The van der Waals surface area contributed by atoms with E-state index in [4.69, 9.17) is 15.5 Å². The van der Waals surface area contributed by atoms with E-state index in [1.807, 2.05) is 23.5 Å². The Balaban J connectivity index is 1.74. The lowest BCUT2D eigenvalue weighted by molar-refractivity contribution is 0.317. The molecule has 0 fully saturated rings. The highest BCUT2D eigenvalue weighted by Gasteiger charge is 2.24.